The molecule has 9 nitrogen and oxygen atoms in total. The molecule has 0 saturated heterocycles. The summed E-state index contributed by atoms with van der Waals surface area (Å²) in [4.78, 5) is 39.1. The largest absolute Gasteiger partial charge is 0.463 e. The van der Waals surface area contributed by atoms with Crippen LogP contribution < -0.4 is 5.32 Å². The van der Waals surface area contributed by atoms with Crippen molar-refractivity contribution in [2.75, 3.05) is 26.4 Å². The molecule has 14 heteroatoms. The van der Waals surface area contributed by atoms with Gasteiger partial charge in [-0.15, -0.1) is 0 Å². The van der Waals surface area contributed by atoms with Gasteiger partial charge in [0.1, 0.15) is 13.2 Å². The second-order valence-electron chi connectivity index (χ2n) is 10.3. The molecule has 0 aliphatic heterocycles. The third kappa shape index (κ3) is 12.7. The van der Waals surface area contributed by atoms with Crippen LogP contribution in [0.5, 0.6) is 0 Å². The topological polar surface area (TPSA) is 113 Å². The van der Waals surface area contributed by atoms with E-state index in [1.165, 1.54) is 13.8 Å². The summed E-state index contributed by atoms with van der Waals surface area (Å²) in [6.45, 7) is 14.2. The number of ether oxygens (including phenoxy) is 3. The van der Waals surface area contributed by atoms with Crippen LogP contribution in [-0.4, -0.2) is 50.1 Å². The van der Waals surface area contributed by atoms with Crippen LogP contribution in [0, 0.1) is 39.9 Å². The van der Waals surface area contributed by atoms with Crippen molar-refractivity contribution in [3.8, 4) is 0 Å². The first kappa shape index (κ1) is 38.7. The van der Waals surface area contributed by atoms with Crippen molar-refractivity contribution in [1.29, 1.82) is 0 Å². The standard InChI is InChI=1S/C15H28N2O5.C13H13F5O2/c1-6-12(3)17-22-14(19)16-8-9-20-10-11-21-13(18)15(4,5)7-2;1-4-13(2,3)12(19)20-5-6-7(14)9(16)11(18)10(17)8(6)15/h6-11H2,1-5H3,(H,16,19);4-5H2,1-3H3. The van der Waals surface area contributed by atoms with E-state index in [1.54, 1.807) is 13.8 Å². The van der Waals surface area contributed by atoms with Gasteiger partial charge in [0.15, 0.2) is 23.3 Å². The summed E-state index contributed by atoms with van der Waals surface area (Å²) >= 11 is 0. The van der Waals surface area contributed by atoms with Gasteiger partial charge in [-0.05, 0) is 53.9 Å². The van der Waals surface area contributed by atoms with Gasteiger partial charge in [0.2, 0.25) is 5.82 Å². The molecule has 1 rings (SSSR count). The van der Waals surface area contributed by atoms with E-state index in [9.17, 15) is 36.3 Å². The summed E-state index contributed by atoms with van der Waals surface area (Å²) in [7, 11) is 0. The lowest BCUT2D eigenvalue weighted by atomic mass is 9.91. The second kappa shape index (κ2) is 18.3. The number of esters is 2. The Morgan fingerprint density at radius 2 is 1.21 bits per heavy atom. The molecule has 0 aromatic heterocycles. The highest BCUT2D eigenvalue weighted by atomic mass is 19.2. The van der Waals surface area contributed by atoms with Gasteiger partial charge in [-0.3, -0.25) is 14.4 Å². The summed E-state index contributed by atoms with van der Waals surface area (Å²) in [5, 5.41) is 6.12. The number of halogens is 5. The summed E-state index contributed by atoms with van der Waals surface area (Å²) in [5.74, 6) is -11.4. The number of benzene rings is 1. The number of hydrogen-bond acceptors (Lipinski definition) is 8. The fraction of sp³-hybridized carbons (Fsp3) is 0.643. The van der Waals surface area contributed by atoms with E-state index in [1.807, 2.05) is 27.7 Å². The number of carbonyl (C=O) groups is 3. The number of nitrogens with zero attached hydrogens (tertiary/aromatic N) is 1. The van der Waals surface area contributed by atoms with E-state index in [4.69, 9.17) is 9.47 Å². The number of rotatable bonds is 14. The van der Waals surface area contributed by atoms with Crippen molar-refractivity contribution >= 4 is 23.7 Å². The zero-order valence-corrected chi connectivity index (χ0v) is 25.4. The Kier molecular flexibility index (Phi) is 16.9. The first-order valence-corrected chi connectivity index (χ1v) is 13.4. The molecule has 1 N–H and O–H groups in total. The second-order valence-corrected chi connectivity index (χ2v) is 10.3. The van der Waals surface area contributed by atoms with Crippen LogP contribution in [-0.2, 0) is 35.2 Å². The summed E-state index contributed by atoms with van der Waals surface area (Å²) in [5.41, 5.74) is -1.81. The van der Waals surface area contributed by atoms with Crippen molar-refractivity contribution < 1.29 is 55.4 Å². The van der Waals surface area contributed by atoms with Gasteiger partial charge >= 0.3 is 18.0 Å². The average Bonchev–Trinajstić information content (AvgIpc) is 2.97. The van der Waals surface area contributed by atoms with Crippen molar-refractivity contribution in [2.24, 2.45) is 16.0 Å². The highest BCUT2D eigenvalue weighted by Gasteiger charge is 2.30. The van der Waals surface area contributed by atoms with Crippen LogP contribution in [0.2, 0.25) is 0 Å². The first-order chi connectivity index (χ1) is 19.5. The van der Waals surface area contributed by atoms with Gasteiger partial charge in [0, 0.05) is 6.54 Å². The van der Waals surface area contributed by atoms with Gasteiger partial charge in [-0.1, -0.05) is 25.9 Å². The van der Waals surface area contributed by atoms with Crippen LogP contribution >= 0.6 is 0 Å². The predicted molar refractivity (Wildman–Crippen MR) is 144 cm³/mol. The third-order valence-corrected chi connectivity index (χ3v) is 6.29. The molecule has 0 spiro atoms. The molecule has 42 heavy (non-hydrogen) atoms. The van der Waals surface area contributed by atoms with Gasteiger partial charge in [0.25, 0.3) is 0 Å². The number of nitrogens with one attached hydrogen (secondary N) is 1. The van der Waals surface area contributed by atoms with E-state index in [-0.39, 0.29) is 19.2 Å². The maximum Gasteiger partial charge on any atom is 0.433 e. The fourth-order valence-electron chi connectivity index (χ4n) is 2.33. The van der Waals surface area contributed by atoms with Crippen molar-refractivity contribution in [2.45, 2.75) is 81.3 Å². The molecule has 1 amide bonds. The average molecular weight is 613 g/mol. The number of hydrogen-bond donors (Lipinski definition) is 1. The Balaban J connectivity index is 0.000000803. The first-order valence-electron chi connectivity index (χ1n) is 13.4. The molecular formula is C28H41F5N2O7. The van der Waals surface area contributed by atoms with Crippen LogP contribution in [0.25, 0.3) is 0 Å². The molecular weight excluding hydrogens is 571 g/mol. The lowest BCUT2D eigenvalue weighted by Gasteiger charge is -2.20. The van der Waals surface area contributed by atoms with Gasteiger partial charge < -0.3 is 19.5 Å². The van der Waals surface area contributed by atoms with Gasteiger partial charge in [-0.25, -0.2) is 26.7 Å². The maximum absolute atomic E-state index is 13.3. The zero-order valence-electron chi connectivity index (χ0n) is 25.4. The highest BCUT2D eigenvalue weighted by molar-refractivity contribution is 5.81. The van der Waals surface area contributed by atoms with E-state index in [0.29, 0.717) is 19.6 Å². The molecule has 0 unspecified atom stereocenters. The molecule has 1 aromatic rings. The Morgan fingerprint density at radius 1 is 0.738 bits per heavy atom. The van der Waals surface area contributed by atoms with Crippen molar-refractivity contribution in [1.82, 2.24) is 5.32 Å². The number of amides is 1. The summed E-state index contributed by atoms with van der Waals surface area (Å²) in [6.07, 6.45) is 1.22. The van der Waals surface area contributed by atoms with Crippen LogP contribution in [0.4, 0.5) is 26.7 Å². The molecule has 240 valence electrons. The van der Waals surface area contributed by atoms with E-state index < -0.39 is 64.1 Å². The lowest BCUT2D eigenvalue weighted by Crippen LogP contribution is -2.28. The highest BCUT2D eigenvalue weighted by Crippen LogP contribution is 2.26. The molecule has 0 fully saturated rings. The lowest BCUT2D eigenvalue weighted by molar-refractivity contribution is -0.156. The van der Waals surface area contributed by atoms with Crippen LogP contribution in [0.3, 0.4) is 0 Å². The molecule has 1 aromatic carbocycles. The summed E-state index contributed by atoms with van der Waals surface area (Å²) < 4.78 is 80.3. The van der Waals surface area contributed by atoms with Crippen LogP contribution in [0.1, 0.15) is 80.2 Å². The predicted octanol–water partition coefficient (Wildman–Crippen LogP) is 6.36. The third-order valence-electron chi connectivity index (χ3n) is 6.29. The minimum Gasteiger partial charge on any atom is -0.463 e. The monoisotopic (exact) mass is 612 g/mol. The Labute approximate surface area is 243 Å². The summed E-state index contributed by atoms with van der Waals surface area (Å²) in [6, 6.07) is 0. The van der Waals surface area contributed by atoms with Gasteiger partial charge in [-0.2, -0.15) is 0 Å². The van der Waals surface area contributed by atoms with E-state index >= 15 is 0 Å². The van der Waals surface area contributed by atoms with Gasteiger partial charge in [0.05, 0.1) is 35.3 Å². The quantitative estimate of drug-likeness (QED) is 0.0381. The van der Waals surface area contributed by atoms with Crippen LogP contribution in [0.15, 0.2) is 5.16 Å². The molecule has 0 bridgehead atoms. The van der Waals surface area contributed by atoms with Crippen molar-refractivity contribution in [3.63, 3.8) is 0 Å². The normalized spacial score (nSPS) is 11.8. The smallest absolute Gasteiger partial charge is 0.433 e. The zero-order chi connectivity index (χ0) is 32.7. The molecule has 0 saturated carbocycles. The fourth-order valence-corrected chi connectivity index (χ4v) is 2.33. The minimum absolute atomic E-state index is 0.201. The van der Waals surface area contributed by atoms with E-state index in [2.05, 4.69) is 20.0 Å². The molecule has 0 atom stereocenters. The molecule has 0 radical (unpaired) electrons. The molecule has 0 heterocycles. The number of carbonyl (C=O) groups excluding carboxylic acids is 3. The Bertz CT molecular complexity index is 1070. The minimum atomic E-state index is -2.25. The maximum atomic E-state index is 13.3. The molecule has 0 aliphatic carbocycles. The molecule has 0 aliphatic rings. The Morgan fingerprint density at radius 3 is 1.69 bits per heavy atom. The Hall–Kier alpha value is -3.29. The number of oxime groups is 1. The van der Waals surface area contributed by atoms with Crippen molar-refractivity contribution in [3.05, 3.63) is 34.6 Å². The van der Waals surface area contributed by atoms with E-state index in [0.717, 1.165) is 18.6 Å². The SMILES string of the molecule is CCC(C)(C)C(=O)OCc1c(F)c(F)c(F)c(F)c1F.CCC(C)=NOC(=O)NCCOCCOC(=O)C(C)(C)CC.